The number of methoxy groups -OCH3 is 2. The average molecular weight is 332 g/mol. The highest BCUT2D eigenvalue weighted by atomic mass is 79.9. The smallest absolute Gasteiger partial charge is 0.161 e. The van der Waals surface area contributed by atoms with Gasteiger partial charge in [-0.25, -0.2) is 0 Å². The second-order valence-electron chi connectivity index (χ2n) is 5.01. The Balaban J connectivity index is 2.84. The van der Waals surface area contributed by atoms with Crippen LogP contribution in [0.15, 0.2) is 16.6 Å². The van der Waals surface area contributed by atoms with Crippen LogP contribution < -0.4 is 14.8 Å². The molecule has 0 heterocycles. The molecule has 1 aromatic rings. The molecular formula is C14H22BrNO3. The number of benzene rings is 1. The molecule has 0 saturated carbocycles. The van der Waals surface area contributed by atoms with E-state index in [1.54, 1.807) is 14.2 Å². The highest BCUT2D eigenvalue weighted by molar-refractivity contribution is 9.10. The molecule has 0 unspecified atom stereocenters. The van der Waals surface area contributed by atoms with E-state index in [0.717, 1.165) is 10.0 Å². The van der Waals surface area contributed by atoms with Crippen LogP contribution in [-0.4, -0.2) is 31.5 Å². The highest BCUT2D eigenvalue weighted by Crippen LogP contribution is 2.33. The number of nitrogens with one attached hydrogen (secondary N) is 1. The molecule has 0 fully saturated rings. The van der Waals surface area contributed by atoms with Gasteiger partial charge >= 0.3 is 0 Å². The summed E-state index contributed by atoms with van der Waals surface area (Å²) in [6.45, 7) is 5.00. The van der Waals surface area contributed by atoms with Crippen molar-refractivity contribution in [3.63, 3.8) is 0 Å². The van der Waals surface area contributed by atoms with Gasteiger partial charge in [0.15, 0.2) is 11.5 Å². The van der Waals surface area contributed by atoms with E-state index in [4.69, 9.17) is 14.6 Å². The molecule has 2 N–H and O–H groups in total. The van der Waals surface area contributed by atoms with Crippen LogP contribution in [-0.2, 0) is 6.54 Å². The maximum atomic E-state index is 9.02. The Morgan fingerprint density at radius 2 is 1.79 bits per heavy atom. The van der Waals surface area contributed by atoms with Crippen LogP contribution in [0.4, 0.5) is 0 Å². The summed E-state index contributed by atoms with van der Waals surface area (Å²) < 4.78 is 11.5. The lowest BCUT2D eigenvalue weighted by Gasteiger charge is -2.26. The second-order valence-corrected chi connectivity index (χ2v) is 5.86. The molecule has 0 aliphatic heterocycles. The molecule has 5 heteroatoms. The number of ether oxygens (including phenoxy) is 2. The van der Waals surface area contributed by atoms with Gasteiger partial charge in [-0.1, -0.05) is 15.9 Å². The van der Waals surface area contributed by atoms with Gasteiger partial charge in [0.2, 0.25) is 0 Å². The fourth-order valence-corrected chi connectivity index (χ4v) is 2.20. The topological polar surface area (TPSA) is 50.7 Å². The molecular weight excluding hydrogens is 310 g/mol. The molecule has 1 rings (SSSR count). The first-order valence-electron chi connectivity index (χ1n) is 6.20. The third kappa shape index (κ3) is 4.67. The van der Waals surface area contributed by atoms with E-state index in [1.165, 1.54) is 0 Å². The minimum absolute atomic E-state index is 0.110. The number of aliphatic hydroxyl groups excluding tert-OH is 1. The van der Waals surface area contributed by atoms with Gasteiger partial charge in [-0.15, -0.1) is 0 Å². The van der Waals surface area contributed by atoms with Crippen molar-refractivity contribution in [3.05, 3.63) is 22.2 Å². The van der Waals surface area contributed by atoms with Gasteiger partial charge in [-0.05, 0) is 38.0 Å². The van der Waals surface area contributed by atoms with Gasteiger partial charge < -0.3 is 19.9 Å². The van der Waals surface area contributed by atoms with Gasteiger partial charge in [-0.2, -0.15) is 0 Å². The largest absolute Gasteiger partial charge is 0.493 e. The Morgan fingerprint density at radius 1 is 1.21 bits per heavy atom. The van der Waals surface area contributed by atoms with Crippen LogP contribution in [0.5, 0.6) is 11.5 Å². The van der Waals surface area contributed by atoms with Crippen molar-refractivity contribution in [2.45, 2.75) is 32.4 Å². The first kappa shape index (κ1) is 16.3. The molecule has 0 aliphatic rings. The standard InChI is InChI=1S/C14H22BrNO3/c1-14(2,5-6-17)16-9-10-7-12(18-3)13(19-4)8-11(10)15/h7-8,16-17H,5-6,9H2,1-4H3. The Labute approximate surface area is 123 Å². The summed E-state index contributed by atoms with van der Waals surface area (Å²) in [7, 11) is 3.24. The van der Waals surface area contributed by atoms with Crippen molar-refractivity contribution in [2.24, 2.45) is 0 Å². The summed E-state index contributed by atoms with van der Waals surface area (Å²) >= 11 is 3.53. The summed E-state index contributed by atoms with van der Waals surface area (Å²) in [4.78, 5) is 0. The van der Waals surface area contributed by atoms with Crippen molar-refractivity contribution >= 4 is 15.9 Å². The van der Waals surface area contributed by atoms with E-state index in [1.807, 2.05) is 12.1 Å². The maximum Gasteiger partial charge on any atom is 0.161 e. The predicted octanol–water partition coefficient (Wildman–Crippen LogP) is 2.72. The van der Waals surface area contributed by atoms with Crippen LogP contribution >= 0.6 is 15.9 Å². The van der Waals surface area contributed by atoms with Gasteiger partial charge in [0.1, 0.15) is 0 Å². The quantitative estimate of drug-likeness (QED) is 0.806. The SMILES string of the molecule is COc1cc(Br)c(CNC(C)(C)CCO)cc1OC. The molecule has 19 heavy (non-hydrogen) atoms. The molecule has 108 valence electrons. The summed E-state index contributed by atoms with van der Waals surface area (Å²) in [5.74, 6) is 1.41. The van der Waals surface area contributed by atoms with Crippen molar-refractivity contribution in [1.82, 2.24) is 5.32 Å². The average Bonchev–Trinajstić information content (AvgIpc) is 2.36. The maximum absolute atomic E-state index is 9.02. The van der Waals surface area contributed by atoms with Crippen molar-refractivity contribution < 1.29 is 14.6 Å². The lowest BCUT2D eigenvalue weighted by Crippen LogP contribution is -2.39. The number of halogens is 1. The fraction of sp³-hybridized carbons (Fsp3) is 0.571. The zero-order valence-corrected chi connectivity index (χ0v) is 13.5. The molecule has 0 radical (unpaired) electrons. The van der Waals surface area contributed by atoms with E-state index < -0.39 is 0 Å². The Morgan fingerprint density at radius 3 is 2.32 bits per heavy atom. The van der Waals surface area contributed by atoms with E-state index in [2.05, 4.69) is 35.1 Å². The Kier molecular flexibility index (Phi) is 6.10. The van der Waals surface area contributed by atoms with Gasteiger partial charge in [-0.3, -0.25) is 0 Å². The van der Waals surface area contributed by atoms with Crippen LogP contribution in [0.3, 0.4) is 0 Å². The normalized spacial score (nSPS) is 11.5. The Hall–Kier alpha value is -0.780. The molecule has 0 aromatic heterocycles. The van der Waals surface area contributed by atoms with Crippen LogP contribution in [0.25, 0.3) is 0 Å². The third-order valence-corrected chi connectivity index (χ3v) is 3.78. The molecule has 0 amide bonds. The van der Waals surface area contributed by atoms with Gasteiger partial charge in [0.05, 0.1) is 14.2 Å². The lowest BCUT2D eigenvalue weighted by molar-refractivity contribution is 0.230. The third-order valence-electron chi connectivity index (χ3n) is 3.05. The van der Waals surface area contributed by atoms with E-state index in [9.17, 15) is 0 Å². The van der Waals surface area contributed by atoms with Gasteiger partial charge in [0.25, 0.3) is 0 Å². The molecule has 0 atom stereocenters. The van der Waals surface area contributed by atoms with Crippen LogP contribution in [0.1, 0.15) is 25.8 Å². The Bertz CT molecular complexity index is 421. The molecule has 0 bridgehead atoms. The van der Waals surface area contributed by atoms with E-state index in [-0.39, 0.29) is 12.1 Å². The number of rotatable bonds is 7. The second kappa shape index (κ2) is 7.12. The molecule has 0 aliphatic carbocycles. The number of hydrogen-bond donors (Lipinski definition) is 2. The van der Waals surface area contributed by atoms with Crippen molar-refractivity contribution in [3.8, 4) is 11.5 Å². The fourth-order valence-electron chi connectivity index (χ4n) is 1.73. The zero-order valence-electron chi connectivity index (χ0n) is 11.9. The number of hydrogen-bond acceptors (Lipinski definition) is 4. The first-order chi connectivity index (χ1) is 8.93. The molecule has 0 saturated heterocycles. The monoisotopic (exact) mass is 331 g/mol. The molecule has 4 nitrogen and oxygen atoms in total. The molecule has 1 aromatic carbocycles. The summed E-state index contributed by atoms with van der Waals surface area (Å²) in [5.41, 5.74) is 0.977. The van der Waals surface area contributed by atoms with E-state index >= 15 is 0 Å². The summed E-state index contributed by atoms with van der Waals surface area (Å²) in [6.07, 6.45) is 0.706. The predicted molar refractivity (Wildman–Crippen MR) is 79.9 cm³/mol. The minimum atomic E-state index is -0.110. The van der Waals surface area contributed by atoms with Gasteiger partial charge in [0, 0.05) is 23.2 Å². The lowest BCUT2D eigenvalue weighted by atomic mass is 10.0. The number of aliphatic hydroxyl groups is 1. The van der Waals surface area contributed by atoms with E-state index in [0.29, 0.717) is 24.5 Å². The highest BCUT2D eigenvalue weighted by Gasteiger charge is 2.17. The molecule has 0 spiro atoms. The zero-order chi connectivity index (χ0) is 14.5. The first-order valence-corrected chi connectivity index (χ1v) is 6.99. The summed E-state index contributed by atoms with van der Waals surface area (Å²) in [6, 6.07) is 3.85. The van der Waals surface area contributed by atoms with Crippen LogP contribution in [0, 0.1) is 0 Å². The summed E-state index contributed by atoms with van der Waals surface area (Å²) in [5, 5.41) is 12.4. The van der Waals surface area contributed by atoms with Crippen molar-refractivity contribution in [2.75, 3.05) is 20.8 Å². The minimum Gasteiger partial charge on any atom is -0.493 e. The van der Waals surface area contributed by atoms with Crippen LogP contribution in [0.2, 0.25) is 0 Å². The van der Waals surface area contributed by atoms with Crippen molar-refractivity contribution in [1.29, 1.82) is 0 Å².